The molecule has 0 saturated carbocycles. The fourth-order valence-corrected chi connectivity index (χ4v) is 2.92. The van der Waals surface area contributed by atoms with Gasteiger partial charge in [-0.05, 0) is 31.9 Å². The number of carbonyl (C=O) groups is 2. The molecule has 2 aliphatic rings. The number of anilines is 1. The molecule has 2 atom stereocenters. The lowest BCUT2D eigenvalue weighted by Gasteiger charge is -2.32. The van der Waals surface area contributed by atoms with E-state index in [1.807, 2.05) is 24.3 Å². The number of nitrogens with zero attached hydrogens (tertiary/aromatic N) is 1. The third kappa shape index (κ3) is 3.64. The first-order chi connectivity index (χ1) is 11.1. The first kappa shape index (κ1) is 15.8. The van der Waals surface area contributed by atoms with Crippen molar-refractivity contribution in [3.63, 3.8) is 0 Å². The summed E-state index contributed by atoms with van der Waals surface area (Å²) in [6, 6.07) is 7.40. The smallest absolute Gasteiger partial charge is 0.267 e. The topological polar surface area (TPSA) is 67.9 Å². The molecular formula is C17H22N2O4. The Morgan fingerprint density at radius 2 is 2.22 bits per heavy atom. The molecule has 124 valence electrons. The first-order valence-electron chi connectivity index (χ1n) is 8.10. The number of ether oxygens (including phenoxy) is 2. The van der Waals surface area contributed by atoms with Gasteiger partial charge in [-0.1, -0.05) is 12.1 Å². The lowest BCUT2D eigenvalue weighted by molar-refractivity contribution is -0.125. The number of amides is 2. The molecule has 0 radical (unpaired) electrons. The molecule has 1 N–H and O–H groups in total. The van der Waals surface area contributed by atoms with Crippen molar-refractivity contribution in [2.45, 2.75) is 38.4 Å². The summed E-state index contributed by atoms with van der Waals surface area (Å²) in [7, 11) is 0. The molecule has 1 aromatic carbocycles. The van der Waals surface area contributed by atoms with Gasteiger partial charge in [0.05, 0.1) is 11.8 Å². The largest absolute Gasteiger partial charge is 0.479 e. The minimum Gasteiger partial charge on any atom is -0.479 e. The van der Waals surface area contributed by atoms with Crippen molar-refractivity contribution >= 4 is 17.5 Å². The summed E-state index contributed by atoms with van der Waals surface area (Å²) >= 11 is 0. The highest BCUT2D eigenvalue weighted by atomic mass is 16.5. The zero-order valence-corrected chi connectivity index (χ0v) is 13.3. The average molecular weight is 318 g/mol. The van der Waals surface area contributed by atoms with E-state index < -0.39 is 6.10 Å². The summed E-state index contributed by atoms with van der Waals surface area (Å²) in [5, 5.41) is 2.88. The maximum atomic E-state index is 12.3. The third-order valence-electron chi connectivity index (χ3n) is 4.19. The highest BCUT2D eigenvalue weighted by Gasteiger charge is 2.31. The van der Waals surface area contributed by atoms with Gasteiger partial charge in [-0.25, -0.2) is 0 Å². The Balaban J connectivity index is 1.56. The number of para-hydroxylation sites is 2. The van der Waals surface area contributed by atoms with Gasteiger partial charge < -0.3 is 19.7 Å². The Kier molecular flexibility index (Phi) is 4.81. The number of benzene rings is 1. The second-order valence-corrected chi connectivity index (χ2v) is 5.91. The van der Waals surface area contributed by atoms with E-state index in [9.17, 15) is 9.59 Å². The van der Waals surface area contributed by atoms with Crippen LogP contribution in [-0.2, 0) is 14.3 Å². The van der Waals surface area contributed by atoms with Gasteiger partial charge in [0.1, 0.15) is 5.75 Å². The molecule has 0 aliphatic carbocycles. The van der Waals surface area contributed by atoms with Crippen LogP contribution in [0, 0.1) is 0 Å². The molecule has 6 heteroatoms. The number of hydrogen-bond donors (Lipinski definition) is 1. The van der Waals surface area contributed by atoms with Crippen LogP contribution in [0.1, 0.15) is 26.2 Å². The molecule has 6 nitrogen and oxygen atoms in total. The summed E-state index contributed by atoms with van der Waals surface area (Å²) < 4.78 is 11.1. The van der Waals surface area contributed by atoms with Gasteiger partial charge in [0.15, 0.2) is 6.10 Å². The predicted octanol–water partition coefficient (Wildman–Crippen LogP) is 1.49. The van der Waals surface area contributed by atoms with E-state index in [2.05, 4.69) is 5.32 Å². The molecule has 1 aromatic rings. The van der Waals surface area contributed by atoms with Gasteiger partial charge in [-0.15, -0.1) is 0 Å². The Morgan fingerprint density at radius 1 is 1.39 bits per heavy atom. The maximum Gasteiger partial charge on any atom is 0.267 e. The maximum absolute atomic E-state index is 12.3. The van der Waals surface area contributed by atoms with Crippen LogP contribution in [-0.4, -0.2) is 43.7 Å². The summed E-state index contributed by atoms with van der Waals surface area (Å²) in [6.45, 7) is 3.39. The molecule has 1 fully saturated rings. The molecule has 0 bridgehead atoms. The van der Waals surface area contributed by atoms with Gasteiger partial charge in [-0.2, -0.15) is 0 Å². The molecule has 23 heavy (non-hydrogen) atoms. The van der Waals surface area contributed by atoms with E-state index in [0.29, 0.717) is 18.8 Å². The molecule has 3 rings (SSSR count). The van der Waals surface area contributed by atoms with E-state index >= 15 is 0 Å². The van der Waals surface area contributed by atoms with Gasteiger partial charge in [0.25, 0.3) is 5.91 Å². The Morgan fingerprint density at radius 3 is 3.00 bits per heavy atom. The summed E-state index contributed by atoms with van der Waals surface area (Å²) in [5.41, 5.74) is 0.725. The second kappa shape index (κ2) is 7.00. The SMILES string of the molecule is C[C@H]1Oc2ccccc2N(CCC(=O)NC[C@H]2CCCO2)C1=O. The van der Waals surface area contributed by atoms with Crippen molar-refractivity contribution < 1.29 is 19.1 Å². The molecule has 2 aliphatic heterocycles. The van der Waals surface area contributed by atoms with E-state index in [-0.39, 0.29) is 24.3 Å². The zero-order chi connectivity index (χ0) is 16.2. The fraction of sp³-hybridized carbons (Fsp3) is 0.529. The van der Waals surface area contributed by atoms with E-state index in [1.54, 1.807) is 11.8 Å². The Bertz CT molecular complexity index is 584. The quantitative estimate of drug-likeness (QED) is 0.893. The molecule has 1 saturated heterocycles. The molecular weight excluding hydrogens is 296 g/mol. The van der Waals surface area contributed by atoms with Gasteiger partial charge in [-0.3, -0.25) is 9.59 Å². The van der Waals surface area contributed by atoms with E-state index in [4.69, 9.17) is 9.47 Å². The van der Waals surface area contributed by atoms with Crippen LogP contribution in [0.5, 0.6) is 5.75 Å². The highest BCUT2D eigenvalue weighted by molar-refractivity contribution is 6.00. The van der Waals surface area contributed by atoms with E-state index in [0.717, 1.165) is 25.1 Å². The van der Waals surface area contributed by atoms with Gasteiger partial charge in [0.2, 0.25) is 5.91 Å². The Hall–Kier alpha value is -2.08. The summed E-state index contributed by atoms with van der Waals surface area (Å²) in [5.74, 6) is 0.500. The van der Waals surface area contributed by atoms with Gasteiger partial charge in [0, 0.05) is 26.1 Å². The highest BCUT2D eigenvalue weighted by Crippen LogP contribution is 2.33. The second-order valence-electron chi connectivity index (χ2n) is 5.91. The van der Waals surface area contributed by atoms with Crippen LogP contribution in [0.3, 0.4) is 0 Å². The van der Waals surface area contributed by atoms with Crippen LogP contribution in [0.4, 0.5) is 5.69 Å². The standard InChI is InChI=1S/C17H22N2O4/c1-12-17(21)19(14-6-2-3-7-15(14)23-12)9-8-16(20)18-11-13-5-4-10-22-13/h2-3,6-7,12-13H,4-5,8-11H2,1H3,(H,18,20)/t12-,13-/m1/s1. The van der Waals surface area contributed by atoms with Crippen LogP contribution < -0.4 is 15.0 Å². The molecule has 0 spiro atoms. The van der Waals surface area contributed by atoms with Crippen molar-refractivity contribution in [1.82, 2.24) is 5.32 Å². The van der Waals surface area contributed by atoms with Gasteiger partial charge >= 0.3 is 0 Å². The number of carbonyl (C=O) groups excluding carboxylic acids is 2. The van der Waals surface area contributed by atoms with Crippen molar-refractivity contribution in [2.75, 3.05) is 24.6 Å². The zero-order valence-electron chi connectivity index (χ0n) is 13.3. The first-order valence-corrected chi connectivity index (χ1v) is 8.10. The van der Waals surface area contributed by atoms with Crippen LogP contribution in [0.25, 0.3) is 0 Å². The third-order valence-corrected chi connectivity index (χ3v) is 4.19. The predicted molar refractivity (Wildman–Crippen MR) is 85.5 cm³/mol. The van der Waals surface area contributed by atoms with Crippen LogP contribution in [0.15, 0.2) is 24.3 Å². The number of hydrogen-bond acceptors (Lipinski definition) is 4. The molecule has 2 amide bonds. The summed E-state index contributed by atoms with van der Waals surface area (Å²) in [6.07, 6.45) is 1.91. The molecule has 0 unspecified atom stereocenters. The number of rotatable bonds is 5. The van der Waals surface area contributed by atoms with E-state index in [1.165, 1.54) is 0 Å². The normalized spacial score (nSPS) is 23.3. The van der Waals surface area contributed by atoms with Crippen LogP contribution >= 0.6 is 0 Å². The summed E-state index contributed by atoms with van der Waals surface area (Å²) in [4.78, 5) is 26.0. The lowest BCUT2D eigenvalue weighted by atomic mass is 10.1. The average Bonchev–Trinajstić information content (AvgIpc) is 3.07. The fourth-order valence-electron chi connectivity index (χ4n) is 2.92. The number of fused-ring (bicyclic) bond motifs is 1. The van der Waals surface area contributed by atoms with Crippen molar-refractivity contribution in [2.24, 2.45) is 0 Å². The van der Waals surface area contributed by atoms with Crippen LogP contribution in [0.2, 0.25) is 0 Å². The molecule has 2 heterocycles. The minimum atomic E-state index is -0.528. The monoisotopic (exact) mass is 318 g/mol. The van der Waals surface area contributed by atoms with Crippen molar-refractivity contribution in [1.29, 1.82) is 0 Å². The lowest BCUT2D eigenvalue weighted by Crippen LogP contribution is -2.46. The number of nitrogens with one attached hydrogen (secondary N) is 1. The minimum absolute atomic E-state index is 0.0649. The van der Waals surface area contributed by atoms with Crippen molar-refractivity contribution in [3.8, 4) is 5.75 Å². The van der Waals surface area contributed by atoms with Crippen molar-refractivity contribution in [3.05, 3.63) is 24.3 Å². The molecule has 0 aromatic heterocycles. The Labute approximate surface area is 135 Å².